The van der Waals surface area contributed by atoms with Gasteiger partial charge < -0.3 is 0 Å². The largest absolute Gasteiger partial charge is 0.295 e. The van der Waals surface area contributed by atoms with Gasteiger partial charge in [0.25, 0.3) is 0 Å². The fourth-order valence-electron chi connectivity index (χ4n) is 1.58. The van der Waals surface area contributed by atoms with E-state index in [-0.39, 0.29) is 5.78 Å². The molecule has 0 saturated heterocycles. The van der Waals surface area contributed by atoms with Crippen molar-refractivity contribution in [2.75, 3.05) is 0 Å². The van der Waals surface area contributed by atoms with Crippen LogP contribution >= 0.6 is 11.3 Å². The molecule has 0 N–H and O–H groups in total. The molecule has 0 radical (unpaired) electrons. The van der Waals surface area contributed by atoms with Gasteiger partial charge >= 0.3 is 0 Å². The number of rotatable bonds is 1. The van der Waals surface area contributed by atoms with E-state index >= 15 is 0 Å². The van der Waals surface area contributed by atoms with Crippen LogP contribution in [0.5, 0.6) is 0 Å². The molecule has 0 saturated carbocycles. The molecule has 1 aromatic heterocycles. The van der Waals surface area contributed by atoms with Crippen molar-refractivity contribution < 1.29 is 4.79 Å². The topological polar surface area (TPSA) is 30.0 Å². The normalized spacial score (nSPS) is 17.3. The molecule has 0 aromatic carbocycles. The fourth-order valence-corrected chi connectivity index (χ4v) is 2.43. The first-order valence-electron chi connectivity index (χ1n) is 4.41. The van der Waals surface area contributed by atoms with Crippen molar-refractivity contribution >= 4 is 22.7 Å². The maximum Gasteiger partial charge on any atom is 0.156 e. The Bertz CT molecular complexity index is 365. The first-order valence-corrected chi connectivity index (χ1v) is 5.29. The highest BCUT2D eigenvalue weighted by molar-refractivity contribution is 7.11. The van der Waals surface area contributed by atoms with E-state index in [0.29, 0.717) is 6.42 Å². The number of aromatic nitrogens is 1. The Morgan fingerprint density at radius 2 is 2.31 bits per heavy atom. The van der Waals surface area contributed by atoms with Crippen LogP contribution in [0.25, 0.3) is 5.57 Å². The van der Waals surface area contributed by atoms with E-state index in [1.807, 2.05) is 12.4 Å². The molecule has 0 spiro atoms. The summed E-state index contributed by atoms with van der Waals surface area (Å²) < 4.78 is 0. The molecule has 1 aliphatic rings. The number of thiazole rings is 1. The molecule has 3 heteroatoms. The number of carbonyl (C=O) groups excluding carboxylic acids is 1. The molecule has 13 heavy (non-hydrogen) atoms. The van der Waals surface area contributed by atoms with Gasteiger partial charge in [0.05, 0.1) is 16.1 Å². The monoisotopic (exact) mass is 193 g/mol. The van der Waals surface area contributed by atoms with Crippen molar-refractivity contribution in [1.29, 1.82) is 0 Å². The maximum absolute atomic E-state index is 11.2. The van der Waals surface area contributed by atoms with E-state index in [1.54, 1.807) is 17.4 Å². The molecule has 0 fully saturated rings. The third kappa shape index (κ3) is 1.70. The molecule has 0 aliphatic heterocycles. The lowest BCUT2D eigenvalue weighted by Gasteiger charge is -2.10. The quantitative estimate of drug-likeness (QED) is 0.686. The van der Waals surface area contributed by atoms with Gasteiger partial charge in [0.2, 0.25) is 0 Å². The lowest BCUT2D eigenvalue weighted by atomic mass is 9.97. The van der Waals surface area contributed by atoms with Crippen LogP contribution < -0.4 is 0 Å². The van der Waals surface area contributed by atoms with Gasteiger partial charge in [-0.25, -0.2) is 4.98 Å². The van der Waals surface area contributed by atoms with Gasteiger partial charge in [-0.3, -0.25) is 4.79 Å². The highest BCUT2D eigenvalue weighted by atomic mass is 32.1. The van der Waals surface area contributed by atoms with E-state index in [0.717, 1.165) is 18.5 Å². The van der Waals surface area contributed by atoms with Crippen LogP contribution in [0.4, 0.5) is 0 Å². The molecule has 0 bridgehead atoms. The summed E-state index contributed by atoms with van der Waals surface area (Å²) in [5.41, 5.74) is 4.06. The van der Waals surface area contributed by atoms with Crippen molar-refractivity contribution in [3.8, 4) is 0 Å². The number of carbonyl (C=O) groups is 1. The van der Waals surface area contributed by atoms with Crippen LogP contribution in [0, 0.1) is 6.92 Å². The number of nitrogens with zero attached hydrogens (tertiary/aromatic N) is 1. The third-order valence-corrected chi connectivity index (χ3v) is 3.25. The zero-order valence-electron chi connectivity index (χ0n) is 7.54. The fraction of sp³-hybridized carbons (Fsp3) is 0.400. The van der Waals surface area contributed by atoms with E-state index in [1.165, 1.54) is 10.5 Å². The molecular weight excluding hydrogens is 182 g/mol. The maximum atomic E-state index is 11.2. The molecule has 0 amide bonds. The number of allylic oxidation sites excluding steroid dienone is 2. The Hall–Kier alpha value is -0.960. The number of hydrogen-bond acceptors (Lipinski definition) is 3. The molecule has 1 aliphatic carbocycles. The van der Waals surface area contributed by atoms with Gasteiger partial charge in [-0.15, -0.1) is 11.3 Å². The number of aryl methyl sites for hydroxylation is 1. The first kappa shape index (κ1) is 8.63. The van der Waals surface area contributed by atoms with E-state index in [2.05, 4.69) is 4.98 Å². The van der Waals surface area contributed by atoms with Crippen molar-refractivity contribution in [2.45, 2.75) is 26.2 Å². The summed E-state index contributed by atoms with van der Waals surface area (Å²) in [6, 6.07) is 0. The average Bonchev–Trinajstić information content (AvgIpc) is 2.51. The van der Waals surface area contributed by atoms with Crippen molar-refractivity contribution in [3.63, 3.8) is 0 Å². The second kappa shape index (κ2) is 3.42. The van der Waals surface area contributed by atoms with E-state index < -0.39 is 0 Å². The third-order valence-electron chi connectivity index (χ3n) is 2.24. The standard InChI is InChI=1S/C10H11NOS/c1-7-10(13-6-11-7)8-3-2-4-9(12)5-8/h5-6H,2-4H2,1H3. The Kier molecular flexibility index (Phi) is 2.27. The smallest absolute Gasteiger partial charge is 0.156 e. The summed E-state index contributed by atoms with van der Waals surface area (Å²) in [6.07, 6.45) is 4.50. The summed E-state index contributed by atoms with van der Waals surface area (Å²) in [5, 5.41) is 0. The van der Waals surface area contributed by atoms with Crippen LogP contribution in [0.1, 0.15) is 29.8 Å². The molecule has 0 unspecified atom stereocenters. The Morgan fingerprint density at radius 3 is 2.92 bits per heavy atom. The predicted molar refractivity (Wildman–Crippen MR) is 53.7 cm³/mol. The summed E-state index contributed by atoms with van der Waals surface area (Å²) in [5.74, 6) is 0.258. The van der Waals surface area contributed by atoms with Crippen molar-refractivity contribution in [1.82, 2.24) is 4.98 Å². The van der Waals surface area contributed by atoms with Crippen LogP contribution in [0.15, 0.2) is 11.6 Å². The van der Waals surface area contributed by atoms with Gasteiger partial charge in [0.15, 0.2) is 5.78 Å². The summed E-state index contributed by atoms with van der Waals surface area (Å²) >= 11 is 1.63. The molecule has 0 atom stereocenters. The van der Waals surface area contributed by atoms with Crippen LogP contribution in [0.3, 0.4) is 0 Å². The highest BCUT2D eigenvalue weighted by Gasteiger charge is 2.14. The predicted octanol–water partition coefficient (Wildman–Crippen LogP) is 2.59. The number of hydrogen-bond donors (Lipinski definition) is 0. The second-order valence-corrected chi connectivity index (χ2v) is 4.11. The number of ketones is 1. The molecule has 2 rings (SSSR count). The molecule has 68 valence electrons. The van der Waals surface area contributed by atoms with Crippen molar-refractivity contribution in [3.05, 3.63) is 22.2 Å². The molecular formula is C10H11NOS. The summed E-state index contributed by atoms with van der Waals surface area (Å²) in [6.45, 7) is 1.99. The van der Waals surface area contributed by atoms with Gasteiger partial charge in [0.1, 0.15) is 0 Å². The Balaban J connectivity index is 2.36. The summed E-state index contributed by atoms with van der Waals surface area (Å²) in [4.78, 5) is 16.6. The first-order chi connectivity index (χ1) is 6.27. The van der Waals surface area contributed by atoms with E-state index in [9.17, 15) is 4.79 Å². The summed E-state index contributed by atoms with van der Waals surface area (Å²) in [7, 11) is 0. The minimum Gasteiger partial charge on any atom is -0.295 e. The Morgan fingerprint density at radius 1 is 1.46 bits per heavy atom. The zero-order valence-corrected chi connectivity index (χ0v) is 8.36. The minimum atomic E-state index is 0.258. The van der Waals surface area contributed by atoms with E-state index in [4.69, 9.17) is 0 Å². The zero-order chi connectivity index (χ0) is 9.26. The lowest BCUT2D eigenvalue weighted by Crippen LogP contribution is -2.01. The van der Waals surface area contributed by atoms with Gasteiger partial charge in [-0.05, 0) is 31.4 Å². The van der Waals surface area contributed by atoms with Gasteiger partial charge in [-0.1, -0.05) is 0 Å². The van der Waals surface area contributed by atoms with Crippen LogP contribution in [0.2, 0.25) is 0 Å². The highest BCUT2D eigenvalue weighted by Crippen LogP contribution is 2.29. The van der Waals surface area contributed by atoms with Gasteiger partial charge in [0, 0.05) is 6.42 Å². The van der Waals surface area contributed by atoms with Gasteiger partial charge in [-0.2, -0.15) is 0 Å². The molecule has 1 heterocycles. The van der Waals surface area contributed by atoms with Crippen LogP contribution in [-0.2, 0) is 4.79 Å². The van der Waals surface area contributed by atoms with Crippen LogP contribution in [-0.4, -0.2) is 10.8 Å². The lowest BCUT2D eigenvalue weighted by molar-refractivity contribution is -0.114. The Labute approximate surface area is 81.3 Å². The minimum absolute atomic E-state index is 0.258. The molecule has 1 aromatic rings. The second-order valence-electron chi connectivity index (χ2n) is 3.26. The SMILES string of the molecule is Cc1ncsc1C1=CC(=O)CCC1. The molecule has 2 nitrogen and oxygen atoms in total. The van der Waals surface area contributed by atoms with Crippen molar-refractivity contribution in [2.24, 2.45) is 0 Å². The average molecular weight is 193 g/mol.